The van der Waals surface area contributed by atoms with E-state index in [4.69, 9.17) is 5.11 Å². The molecule has 0 fully saturated rings. The first-order valence-electron chi connectivity index (χ1n) is 5.93. The minimum Gasteiger partial charge on any atom is -0.481 e. The third kappa shape index (κ3) is 7.77. The van der Waals surface area contributed by atoms with Gasteiger partial charge in [0.1, 0.15) is 0 Å². The maximum Gasteiger partial charge on any atom is 0.305 e. The summed E-state index contributed by atoms with van der Waals surface area (Å²) in [7, 11) is 0. The van der Waals surface area contributed by atoms with E-state index in [1.807, 2.05) is 41.5 Å². The Hall–Kier alpha value is -1.06. The van der Waals surface area contributed by atoms with Crippen LogP contribution in [0.25, 0.3) is 0 Å². The van der Waals surface area contributed by atoms with Gasteiger partial charge in [-0.1, -0.05) is 41.5 Å². The monoisotopic (exact) mass is 243 g/mol. The van der Waals surface area contributed by atoms with Crippen molar-refractivity contribution in [2.75, 3.05) is 0 Å². The van der Waals surface area contributed by atoms with E-state index in [1.165, 1.54) is 0 Å². The molecule has 0 aromatic heterocycles. The van der Waals surface area contributed by atoms with Crippen LogP contribution in [0.5, 0.6) is 0 Å². The predicted molar refractivity (Wildman–Crippen MR) is 67.7 cm³/mol. The normalized spacial score (nSPS) is 14.2. The van der Waals surface area contributed by atoms with Gasteiger partial charge in [0.05, 0.1) is 6.42 Å². The number of amides is 1. The van der Waals surface area contributed by atoms with Crippen molar-refractivity contribution in [2.45, 2.75) is 60.4 Å². The van der Waals surface area contributed by atoms with Crippen LogP contribution in [0.4, 0.5) is 0 Å². The molecule has 0 aromatic carbocycles. The van der Waals surface area contributed by atoms with Gasteiger partial charge in [0.15, 0.2) is 0 Å². The van der Waals surface area contributed by atoms with Gasteiger partial charge in [-0.15, -0.1) is 0 Å². The van der Waals surface area contributed by atoms with E-state index >= 15 is 0 Å². The van der Waals surface area contributed by atoms with Crippen LogP contribution in [0.3, 0.4) is 0 Å². The summed E-state index contributed by atoms with van der Waals surface area (Å²) in [5, 5.41) is 11.7. The topological polar surface area (TPSA) is 66.4 Å². The minimum atomic E-state index is -0.888. The van der Waals surface area contributed by atoms with Gasteiger partial charge in [0, 0.05) is 12.5 Å². The summed E-state index contributed by atoms with van der Waals surface area (Å²) in [6.07, 6.45) is 0.360. The van der Waals surface area contributed by atoms with Crippen molar-refractivity contribution < 1.29 is 14.7 Å². The van der Waals surface area contributed by atoms with Crippen LogP contribution < -0.4 is 5.32 Å². The van der Waals surface area contributed by atoms with Crippen molar-refractivity contribution in [3.63, 3.8) is 0 Å². The summed E-state index contributed by atoms with van der Waals surface area (Å²) < 4.78 is 0. The number of carbonyl (C=O) groups is 2. The fourth-order valence-corrected chi connectivity index (χ4v) is 1.48. The van der Waals surface area contributed by atoms with Gasteiger partial charge in [-0.25, -0.2) is 0 Å². The van der Waals surface area contributed by atoms with Gasteiger partial charge < -0.3 is 10.4 Å². The molecule has 17 heavy (non-hydrogen) atoms. The minimum absolute atomic E-state index is 0.0423. The Morgan fingerprint density at radius 1 is 1.12 bits per heavy atom. The second-order valence-corrected chi connectivity index (χ2v) is 6.82. The van der Waals surface area contributed by atoms with E-state index in [1.54, 1.807) is 0 Å². The lowest BCUT2D eigenvalue weighted by molar-refractivity contribution is -0.138. The van der Waals surface area contributed by atoms with Gasteiger partial charge in [-0.2, -0.15) is 0 Å². The van der Waals surface area contributed by atoms with Crippen molar-refractivity contribution in [3.8, 4) is 0 Å². The van der Waals surface area contributed by atoms with E-state index in [-0.39, 0.29) is 29.2 Å². The third-order valence-corrected chi connectivity index (χ3v) is 2.45. The third-order valence-electron chi connectivity index (χ3n) is 2.45. The summed E-state index contributed by atoms with van der Waals surface area (Å²) in [4.78, 5) is 22.6. The highest BCUT2D eigenvalue weighted by Gasteiger charge is 2.29. The second kappa shape index (κ2) is 5.52. The molecule has 0 rings (SSSR count). The molecule has 0 spiro atoms. The van der Waals surface area contributed by atoms with Crippen LogP contribution in [-0.4, -0.2) is 23.0 Å². The van der Waals surface area contributed by atoms with Gasteiger partial charge in [-0.05, 0) is 10.8 Å². The fourth-order valence-electron chi connectivity index (χ4n) is 1.48. The van der Waals surface area contributed by atoms with Crippen LogP contribution in [-0.2, 0) is 9.59 Å². The van der Waals surface area contributed by atoms with Crippen LogP contribution >= 0.6 is 0 Å². The van der Waals surface area contributed by atoms with E-state index in [0.717, 1.165) is 0 Å². The molecule has 0 heterocycles. The molecule has 0 aliphatic carbocycles. The maximum atomic E-state index is 11.8. The summed E-state index contributed by atoms with van der Waals surface area (Å²) >= 11 is 0. The summed E-state index contributed by atoms with van der Waals surface area (Å²) in [5.41, 5.74) is -0.346. The molecule has 1 atom stereocenters. The number of carboxylic acid groups (broad SMARTS) is 1. The first-order valence-corrected chi connectivity index (χ1v) is 5.93. The molecule has 1 amide bonds. The molecular formula is C13H25NO3. The highest BCUT2D eigenvalue weighted by Crippen LogP contribution is 2.23. The Morgan fingerprint density at radius 2 is 1.59 bits per heavy atom. The molecule has 0 saturated carbocycles. The summed E-state index contributed by atoms with van der Waals surface area (Å²) in [6.45, 7) is 11.7. The molecule has 100 valence electrons. The second-order valence-electron chi connectivity index (χ2n) is 6.82. The van der Waals surface area contributed by atoms with Crippen LogP contribution in [0.1, 0.15) is 54.4 Å². The number of carboxylic acids is 1. The summed E-state index contributed by atoms with van der Waals surface area (Å²) in [6, 6.07) is -0.338. The first-order chi connectivity index (χ1) is 7.42. The fraction of sp³-hybridized carbons (Fsp3) is 0.846. The Labute approximate surface area is 104 Å². The Bertz CT molecular complexity index is 284. The van der Waals surface area contributed by atoms with E-state index in [9.17, 15) is 9.59 Å². The van der Waals surface area contributed by atoms with Crippen molar-refractivity contribution in [1.82, 2.24) is 5.32 Å². The number of nitrogens with one attached hydrogen (secondary N) is 1. The first kappa shape index (κ1) is 15.9. The van der Waals surface area contributed by atoms with Gasteiger partial charge >= 0.3 is 5.97 Å². The lowest BCUT2D eigenvalue weighted by atomic mass is 9.84. The zero-order valence-corrected chi connectivity index (χ0v) is 11.8. The van der Waals surface area contributed by atoms with E-state index < -0.39 is 5.97 Å². The standard InChI is InChI=1S/C13H25NO3/c1-12(2,3)8-10(15)14-9(7-11(16)17)13(4,5)6/h9H,7-8H2,1-6H3,(H,14,15)(H,16,17). The van der Waals surface area contributed by atoms with Crippen LogP contribution in [0, 0.1) is 10.8 Å². The average Bonchev–Trinajstić information content (AvgIpc) is 1.95. The van der Waals surface area contributed by atoms with Gasteiger partial charge in [0.2, 0.25) is 5.91 Å². The Kier molecular flexibility index (Phi) is 5.17. The van der Waals surface area contributed by atoms with Crippen molar-refractivity contribution in [1.29, 1.82) is 0 Å². The number of rotatable bonds is 4. The van der Waals surface area contributed by atoms with Gasteiger partial charge in [-0.3, -0.25) is 9.59 Å². The average molecular weight is 243 g/mol. The van der Waals surface area contributed by atoms with Crippen molar-refractivity contribution in [2.24, 2.45) is 10.8 Å². The zero-order chi connectivity index (χ0) is 13.9. The van der Waals surface area contributed by atoms with Gasteiger partial charge in [0.25, 0.3) is 0 Å². The molecule has 2 N–H and O–H groups in total. The molecule has 0 aliphatic rings. The predicted octanol–water partition coefficient (Wildman–Crippen LogP) is 2.43. The lowest BCUT2D eigenvalue weighted by Gasteiger charge is -2.31. The van der Waals surface area contributed by atoms with Crippen molar-refractivity contribution >= 4 is 11.9 Å². The highest BCUT2D eigenvalue weighted by atomic mass is 16.4. The van der Waals surface area contributed by atoms with Crippen molar-refractivity contribution in [3.05, 3.63) is 0 Å². The largest absolute Gasteiger partial charge is 0.481 e. The number of hydrogen-bond donors (Lipinski definition) is 2. The molecule has 0 saturated heterocycles. The highest BCUT2D eigenvalue weighted by molar-refractivity contribution is 5.78. The summed E-state index contributed by atoms with van der Waals surface area (Å²) in [5.74, 6) is -0.973. The maximum absolute atomic E-state index is 11.8. The Balaban J connectivity index is 4.55. The quantitative estimate of drug-likeness (QED) is 0.797. The lowest BCUT2D eigenvalue weighted by Crippen LogP contribution is -2.45. The Morgan fingerprint density at radius 3 is 1.88 bits per heavy atom. The zero-order valence-electron chi connectivity index (χ0n) is 11.8. The van der Waals surface area contributed by atoms with E-state index in [2.05, 4.69) is 5.32 Å². The van der Waals surface area contributed by atoms with E-state index in [0.29, 0.717) is 6.42 Å². The number of carbonyl (C=O) groups excluding carboxylic acids is 1. The number of hydrogen-bond acceptors (Lipinski definition) is 2. The van der Waals surface area contributed by atoms with Crippen LogP contribution in [0.2, 0.25) is 0 Å². The molecule has 4 heteroatoms. The molecule has 0 aliphatic heterocycles. The molecular weight excluding hydrogens is 218 g/mol. The molecule has 4 nitrogen and oxygen atoms in total. The molecule has 0 aromatic rings. The molecule has 0 bridgehead atoms. The smallest absolute Gasteiger partial charge is 0.305 e. The van der Waals surface area contributed by atoms with Crippen LogP contribution in [0.15, 0.2) is 0 Å². The molecule has 1 unspecified atom stereocenters. The SMILES string of the molecule is CC(C)(C)CC(=O)NC(CC(=O)O)C(C)(C)C. The number of aliphatic carboxylic acids is 1. The molecule has 0 radical (unpaired) electrons.